The zero-order valence-corrected chi connectivity index (χ0v) is 25.5. The van der Waals surface area contributed by atoms with Gasteiger partial charge in [-0.2, -0.15) is 0 Å². The van der Waals surface area contributed by atoms with Gasteiger partial charge in [0.25, 0.3) is 5.56 Å². The van der Waals surface area contributed by atoms with Crippen LogP contribution < -0.4 is 20.1 Å². The van der Waals surface area contributed by atoms with Crippen LogP contribution in [0.25, 0.3) is 11.0 Å². The number of carbonyl (C=O) groups excluding carboxylic acids is 2. The molecular weight excluding hydrogens is 546 g/mol. The van der Waals surface area contributed by atoms with E-state index in [9.17, 15) is 14.4 Å². The maximum absolute atomic E-state index is 13.2. The van der Waals surface area contributed by atoms with Crippen molar-refractivity contribution in [3.63, 3.8) is 0 Å². The minimum absolute atomic E-state index is 0.129. The smallest absolute Gasteiger partial charge is 0.294 e. The third-order valence-corrected chi connectivity index (χ3v) is 8.13. The van der Waals surface area contributed by atoms with Crippen molar-refractivity contribution < 1.29 is 18.7 Å². The summed E-state index contributed by atoms with van der Waals surface area (Å²) in [5.74, 6) is 0.172. The van der Waals surface area contributed by atoms with Gasteiger partial charge in [-0.1, -0.05) is 0 Å². The maximum Gasteiger partial charge on any atom is 0.294 e. The van der Waals surface area contributed by atoms with Crippen LogP contribution in [0.3, 0.4) is 0 Å². The van der Waals surface area contributed by atoms with Crippen molar-refractivity contribution in [1.29, 1.82) is 0 Å². The summed E-state index contributed by atoms with van der Waals surface area (Å²) < 4.78 is 13.3. The van der Waals surface area contributed by atoms with Gasteiger partial charge >= 0.3 is 0 Å². The third kappa shape index (κ3) is 6.06. The SMILES string of the molecule is CCN1C(=O)C(C)(C)C(=O)N(C)c2cc(OCCCN(CCn3cc(C)c4ccoc4c3=O)Cc3ccncc3)ccc21. The fourth-order valence-corrected chi connectivity index (χ4v) is 5.66. The normalized spacial score (nSPS) is 14.8. The molecule has 10 nitrogen and oxygen atoms in total. The Balaban J connectivity index is 1.26. The summed E-state index contributed by atoms with van der Waals surface area (Å²) in [7, 11) is 1.70. The number of amides is 2. The van der Waals surface area contributed by atoms with Crippen LogP contribution in [0.15, 0.2) is 70.5 Å². The highest BCUT2D eigenvalue weighted by atomic mass is 16.5. The highest BCUT2D eigenvalue weighted by Crippen LogP contribution is 2.40. The molecule has 2 amide bonds. The molecule has 1 aliphatic heterocycles. The summed E-state index contributed by atoms with van der Waals surface area (Å²) in [6.45, 7) is 10.8. The van der Waals surface area contributed by atoms with E-state index >= 15 is 0 Å². The summed E-state index contributed by atoms with van der Waals surface area (Å²) >= 11 is 0. The molecule has 4 heterocycles. The van der Waals surface area contributed by atoms with E-state index < -0.39 is 5.41 Å². The van der Waals surface area contributed by atoms with Crippen LogP contribution in [-0.4, -0.2) is 59.6 Å². The second-order valence-electron chi connectivity index (χ2n) is 11.5. The van der Waals surface area contributed by atoms with Crippen molar-refractivity contribution in [1.82, 2.24) is 14.5 Å². The zero-order chi connectivity index (χ0) is 30.7. The number of anilines is 2. The van der Waals surface area contributed by atoms with Gasteiger partial charge in [0.1, 0.15) is 11.2 Å². The van der Waals surface area contributed by atoms with Crippen molar-refractivity contribution in [3.05, 3.63) is 82.7 Å². The van der Waals surface area contributed by atoms with Gasteiger partial charge in [0.05, 0.1) is 24.2 Å². The number of benzene rings is 1. The molecule has 4 aromatic rings. The Kier molecular flexibility index (Phi) is 8.68. The molecule has 0 saturated carbocycles. The van der Waals surface area contributed by atoms with Crippen LogP contribution in [-0.2, 0) is 22.7 Å². The molecule has 0 spiro atoms. The lowest BCUT2D eigenvalue weighted by Crippen LogP contribution is -2.47. The number of nitrogens with zero attached hydrogens (tertiary/aromatic N) is 5. The first-order valence-corrected chi connectivity index (χ1v) is 14.7. The average Bonchev–Trinajstić information content (AvgIpc) is 3.50. The fraction of sp³-hybridized carbons (Fsp3) is 0.394. The van der Waals surface area contributed by atoms with Crippen molar-refractivity contribution in [2.45, 2.75) is 47.2 Å². The monoisotopic (exact) mass is 585 g/mol. The van der Waals surface area contributed by atoms with Crippen LogP contribution in [0.1, 0.15) is 38.3 Å². The number of ether oxygens (including phenoxy) is 1. The van der Waals surface area contributed by atoms with Gasteiger partial charge in [0, 0.05) is 69.8 Å². The Labute approximate surface area is 251 Å². The standard InChI is InChI=1S/C33H39N5O5/c1-6-38-27-9-8-25(20-28(27)35(5)31(40)33(3,4)32(38)41)42-18-7-15-36(22-24-10-13-34-14-11-24)16-17-37-21-23(2)26-12-19-43-29(26)30(37)39/h8-14,19-21H,6-7,15-18,22H2,1-5H3. The lowest BCUT2D eigenvalue weighted by molar-refractivity contribution is -0.137. The Morgan fingerprint density at radius 1 is 1.00 bits per heavy atom. The molecule has 0 fully saturated rings. The third-order valence-electron chi connectivity index (χ3n) is 8.13. The Morgan fingerprint density at radius 3 is 2.51 bits per heavy atom. The number of aromatic nitrogens is 2. The van der Waals surface area contributed by atoms with Crippen molar-refractivity contribution >= 4 is 34.2 Å². The van der Waals surface area contributed by atoms with Crippen molar-refractivity contribution in [2.24, 2.45) is 5.41 Å². The molecule has 0 atom stereocenters. The van der Waals surface area contributed by atoms with Crippen LogP contribution in [0.2, 0.25) is 0 Å². The largest absolute Gasteiger partial charge is 0.493 e. The molecule has 0 N–H and O–H groups in total. The van der Waals surface area contributed by atoms with Crippen LogP contribution in [0, 0.1) is 12.3 Å². The molecule has 1 aromatic carbocycles. The fourth-order valence-electron chi connectivity index (χ4n) is 5.66. The molecular formula is C33H39N5O5. The van der Waals surface area contributed by atoms with E-state index in [-0.39, 0.29) is 17.4 Å². The Bertz CT molecular complexity index is 1680. The van der Waals surface area contributed by atoms with E-state index in [2.05, 4.69) is 9.88 Å². The lowest BCUT2D eigenvalue weighted by Gasteiger charge is -2.27. The van der Waals surface area contributed by atoms with Gasteiger partial charge in [0.15, 0.2) is 5.58 Å². The molecule has 0 bridgehead atoms. The van der Waals surface area contributed by atoms with Gasteiger partial charge < -0.3 is 23.5 Å². The molecule has 0 aliphatic carbocycles. The number of hydrogen-bond donors (Lipinski definition) is 0. The van der Waals surface area contributed by atoms with Gasteiger partial charge in [-0.05, 0) is 75.6 Å². The Hall–Kier alpha value is -4.44. The highest BCUT2D eigenvalue weighted by molar-refractivity contribution is 6.20. The molecule has 226 valence electrons. The number of pyridine rings is 2. The molecule has 0 saturated heterocycles. The van der Waals surface area contributed by atoms with Crippen LogP contribution in [0.4, 0.5) is 11.4 Å². The van der Waals surface area contributed by atoms with Crippen LogP contribution in [0.5, 0.6) is 5.75 Å². The summed E-state index contributed by atoms with van der Waals surface area (Å²) in [4.78, 5) is 48.9. The topological polar surface area (TPSA) is 101 Å². The molecule has 1 aliphatic rings. The van der Waals surface area contributed by atoms with Gasteiger partial charge in [-0.3, -0.25) is 24.3 Å². The zero-order valence-electron chi connectivity index (χ0n) is 25.5. The number of hydrogen-bond acceptors (Lipinski definition) is 7. The number of rotatable bonds is 11. The number of aryl methyl sites for hydroxylation is 1. The van der Waals surface area contributed by atoms with Gasteiger partial charge in [-0.25, -0.2) is 0 Å². The summed E-state index contributed by atoms with van der Waals surface area (Å²) in [6.07, 6.45) is 7.75. The quantitative estimate of drug-likeness (QED) is 0.187. The number of furan rings is 1. The molecule has 0 unspecified atom stereocenters. The first-order valence-electron chi connectivity index (χ1n) is 14.7. The number of carbonyl (C=O) groups is 2. The second-order valence-corrected chi connectivity index (χ2v) is 11.5. The van der Waals surface area contributed by atoms with E-state index in [4.69, 9.17) is 9.15 Å². The predicted octanol–water partition coefficient (Wildman–Crippen LogP) is 4.62. The predicted molar refractivity (Wildman–Crippen MR) is 166 cm³/mol. The molecule has 3 aromatic heterocycles. The molecule has 0 radical (unpaired) electrons. The lowest BCUT2D eigenvalue weighted by atomic mass is 9.90. The van der Waals surface area contributed by atoms with Gasteiger partial charge in [0.2, 0.25) is 11.8 Å². The second kappa shape index (κ2) is 12.4. The van der Waals surface area contributed by atoms with E-state index in [0.29, 0.717) is 55.5 Å². The van der Waals surface area contributed by atoms with Crippen LogP contribution >= 0.6 is 0 Å². The minimum Gasteiger partial charge on any atom is -0.493 e. The van der Waals surface area contributed by atoms with E-state index in [1.165, 1.54) is 0 Å². The first kappa shape index (κ1) is 30.0. The molecule has 10 heteroatoms. The van der Waals surface area contributed by atoms with Crippen molar-refractivity contribution in [3.8, 4) is 5.75 Å². The van der Waals surface area contributed by atoms with E-state index in [1.807, 2.05) is 56.4 Å². The minimum atomic E-state index is -1.16. The van der Waals surface area contributed by atoms with Crippen molar-refractivity contribution in [2.75, 3.05) is 43.1 Å². The molecule has 43 heavy (non-hydrogen) atoms. The maximum atomic E-state index is 13.2. The summed E-state index contributed by atoms with van der Waals surface area (Å²) in [5, 5.41) is 0.845. The van der Waals surface area contributed by atoms with Gasteiger partial charge in [-0.15, -0.1) is 0 Å². The number of fused-ring (bicyclic) bond motifs is 2. The highest BCUT2D eigenvalue weighted by Gasteiger charge is 2.45. The summed E-state index contributed by atoms with van der Waals surface area (Å²) in [5.41, 5.74) is 2.59. The average molecular weight is 586 g/mol. The Morgan fingerprint density at radius 2 is 1.77 bits per heavy atom. The van der Waals surface area contributed by atoms with E-state index in [1.54, 1.807) is 53.9 Å². The summed E-state index contributed by atoms with van der Waals surface area (Å²) in [6, 6.07) is 11.3. The molecule has 5 rings (SSSR count). The van der Waals surface area contributed by atoms with E-state index in [0.717, 1.165) is 29.5 Å². The first-order chi connectivity index (χ1) is 20.6.